The number of ether oxygens (including phenoxy) is 1. The minimum Gasteiger partial charge on any atom is -0.378 e. The zero-order chi connectivity index (χ0) is 15.3. The third-order valence-electron chi connectivity index (χ3n) is 4.84. The van der Waals surface area contributed by atoms with Crippen LogP contribution in [-0.4, -0.2) is 57.9 Å². The summed E-state index contributed by atoms with van der Waals surface area (Å²) in [6.45, 7) is 2.30. The maximum Gasteiger partial charge on any atom is 0.211 e. The van der Waals surface area contributed by atoms with Crippen molar-refractivity contribution in [3.8, 4) is 0 Å². The number of piperidine rings is 1. The summed E-state index contributed by atoms with van der Waals surface area (Å²) in [4.78, 5) is 0. The molecule has 2 rings (SSSR count). The van der Waals surface area contributed by atoms with Crippen molar-refractivity contribution >= 4 is 10.0 Å². The normalized spacial score (nSPS) is 29.6. The Bertz CT molecular complexity index is 407. The van der Waals surface area contributed by atoms with E-state index in [0.29, 0.717) is 31.2 Å². The van der Waals surface area contributed by atoms with Crippen molar-refractivity contribution in [1.29, 1.82) is 0 Å². The Morgan fingerprint density at radius 2 is 2.14 bits per heavy atom. The highest BCUT2D eigenvalue weighted by Crippen LogP contribution is 2.25. The highest BCUT2D eigenvalue weighted by atomic mass is 32.2. The summed E-state index contributed by atoms with van der Waals surface area (Å²) >= 11 is 0. The van der Waals surface area contributed by atoms with Crippen LogP contribution < -0.4 is 5.32 Å². The van der Waals surface area contributed by atoms with Crippen LogP contribution in [0.4, 0.5) is 0 Å². The largest absolute Gasteiger partial charge is 0.378 e. The van der Waals surface area contributed by atoms with E-state index in [4.69, 9.17) is 4.74 Å². The Kier molecular flexibility index (Phi) is 6.47. The third-order valence-corrected chi connectivity index (χ3v) is 6.11. The first-order valence-corrected chi connectivity index (χ1v) is 10.1. The SMILES string of the molecule is CNC(CCC1CCCO1)CC1CCCN(S(C)(=O)=O)C1. The molecular weight excluding hydrogens is 288 g/mol. The van der Waals surface area contributed by atoms with Crippen LogP contribution in [0.25, 0.3) is 0 Å². The second kappa shape index (κ2) is 7.90. The number of nitrogens with one attached hydrogen (secondary N) is 1. The Labute approximate surface area is 129 Å². The summed E-state index contributed by atoms with van der Waals surface area (Å²) in [5.74, 6) is 0.482. The van der Waals surface area contributed by atoms with E-state index in [9.17, 15) is 8.42 Å². The molecule has 0 aromatic rings. The van der Waals surface area contributed by atoms with E-state index in [1.165, 1.54) is 19.1 Å². The lowest BCUT2D eigenvalue weighted by atomic mass is 9.90. The van der Waals surface area contributed by atoms with Crippen LogP contribution >= 0.6 is 0 Å². The molecule has 0 spiro atoms. The molecule has 5 nitrogen and oxygen atoms in total. The standard InChI is InChI=1S/C15H30N2O3S/c1-16-14(7-8-15-6-4-10-20-15)11-13-5-3-9-17(12-13)21(2,18)19/h13-16H,3-12H2,1-2H3. The second-order valence-electron chi connectivity index (χ2n) is 6.56. The van der Waals surface area contributed by atoms with Crippen molar-refractivity contribution < 1.29 is 13.2 Å². The van der Waals surface area contributed by atoms with Gasteiger partial charge in [0.2, 0.25) is 10.0 Å². The molecule has 124 valence electrons. The van der Waals surface area contributed by atoms with Gasteiger partial charge in [-0.25, -0.2) is 12.7 Å². The van der Waals surface area contributed by atoms with E-state index >= 15 is 0 Å². The topological polar surface area (TPSA) is 58.6 Å². The van der Waals surface area contributed by atoms with E-state index in [2.05, 4.69) is 5.32 Å². The van der Waals surface area contributed by atoms with Crippen LogP contribution in [0.1, 0.15) is 44.9 Å². The van der Waals surface area contributed by atoms with Gasteiger partial charge < -0.3 is 10.1 Å². The molecule has 3 atom stereocenters. The predicted octanol–water partition coefficient (Wildman–Crippen LogP) is 1.60. The van der Waals surface area contributed by atoms with E-state index in [1.54, 1.807) is 4.31 Å². The van der Waals surface area contributed by atoms with Gasteiger partial charge in [0, 0.05) is 25.7 Å². The van der Waals surface area contributed by atoms with Gasteiger partial charge in [-0.2, -0.15) is 0 Å². The fourth-order valence-electron chi connectivity index (χ4n) is 3.56. The van der Waals surface area contributed by atoms with Crippen molar-refractivity contribution in [2.24, 2.45) is 5.92 Å². The van der Waals surface area contributed by atoms with Crippen molar-refractivity contribution in [3.63, 3.8) is 0 Å². The Balaban J connectivity index is 1.77. The van der Waals surface area contributed by atoms with E-state index in [1.807, 2.05) is 7.05 Å². The van der Waals surface area contributed by atoms with Crippen LogP contribution in [0.2, 0.25) is 0 Å². The van der Waals surface area contributed by atoms with Gasteiger partial charge in [-0.3, -0.25) is 0 Å². The van der Waals surface area contributed by atoms with Crippen molar-refractivity contribution in [2.45, 2.75) is 57.1 Å². The molecule has 6 heteroatoms. The lowest BCUT2D eigenvalue weighted by Crippen LogP contribution is -2.41. The first-order chi connectivity index (χ1) is 9.99. The Morgan fingerprint density at radius 3 is 2.76 bits per heavy atom. The van der Waals surface area contributed by atoms with Gasteiger partial charge in [-0.05, 0) is 57.9 Å². The number of rotatable bonds is 7. The highest BCUT2D eigenvalue weighted by Gasteiger charge is 2.27. The van der Waals surface area contributed by atoms with Gasteiger partial charge in [-0.1, -0.05) is 0 Å². The fraction of sp³-hybridized carbons (Fsp3) is 1.00. The molecule has 0 amide bonds. The molecule has 2 heterocycles. The lowest BCUT2D eigenvalue weighted by Gasteiger charge is -2.33. The molecule has 0 saturated carbocycles. The molecule has 2 aliphatic rings. The van der Waals surface area contributed by atoms with Gasteiger partial charge in [0.05, 0.1) is 12.4 Å². The molecule has 0 aromatic carbocycles. The van der Waals surface area contributed by atoms with Gasteiger partial charge in [0.25, 0.3) is 0 Å². The molecule has 0 aliphatic carbocycles. The molecule has 3 unspecified atom stereocenters. The third kappa shape index (κ3) is 5.51. The maximum atomic E-state index is 11.7. The molecular formula is C15H30N2O3S. The van der Waals surface area contributed by atoms with Crippen molar-refractivity contribution in [2.75, 3.05) is 33.0 Å². The summed E-state index contributed by atoms with van der Waals surface area (Å²) < 4.78 is 30.7. The predicted molar refractivity (Wildman–Crippen MR) is 84.8 cm³/mol. The number of hydrogen-bond acceptors (Lipinski definition) is 4. The van der Waals surface area contributed by atoms with E-state index in [-0.39, 0.29) is 0 Å². The Hall–Kier alpha value is -0.170. The average molecular weight is 318 g/mol. The van der Waals surface area contributed by atoms with Crippen LogP contribution in [0.3, 0.4) is 0 Å². The molecule has 0 bridgehead atoms. The summed E-state index contributed by atoms with van der Waals surface area (Å²) in [5.41, 5.74) is 0. The Morgan fingerprint density at radius 1 is 1.33 bits per heavy atom. The minimum atomic E-state index is -3.03. The smallest absolute Gasteiger partial charge is 0.211 e. The molecule has 2 fully saturated rings. The maximum absolute atomic E-state index is 11.7. The fourth-order valence-corrected chi connectivity index (χ4v) is 4.50. The first kappa shape index (κ1) is 17.2. The van der Waals surface area contributed by atoms with Gasteiger partial charge >= 0.3 is 0 Å². The van der Waals surface area contributed by atoms with E-state index < -0.39 is 10.0 Å². The molecule has 2 saturated heterocycles. The first-order valence-electron chi connectivity index (χ1n) is 8.23. The van der Waals surface area contributed by atoms with Gasteiger partial charge in [0.1, 0.15) is 0 Å². The number of nitrogens with zero attached hydrogens (tertiary/aromatic N) is 1. The summed E-state index contributed by atoms with van der Waals surface area (Å²) in [7, 11) is -1.02. The number of sulfonamides is 1. The quantitative estimate of drug-likeness (QED) is 0.774. The zero-order valence-corrected chi connectivity index (χ0v) is 14.2. The van der Waals surface area contributed by atoms with Crippen LogP contribution in [0.5, 0.6) is 0 Å². The van der Waals surface area contributed by atoms with Crippen molar-refractivity contribution in [1.82, 2.24) is 9.62 Å². The average Bonchev–Trinajstić information content (AvgIpc) is 2.96. The monoisotopic (exact) mass is 318 g/mol. The van der Waals surface area contributed by atoms with Crippen LogP contribution in [0, 0.1) is 5.92 Å². The summed E-state index contributed by atoms with van der Waals surface area (Å²) in [6.07, 6.45) is 9.59. The minimum absolute atomic E-state index is 0.444. The molecule has 2 aliphatic heterocycles. The number of hydrogen-bond donors (Lipinski definition) is 1. The highest BCUT2D eigenvalue weighted by molar-refractivity contribution is 7.88. The van der Waals surface area contributed by atoms with Crippen LogP contribution in [0.15, 0.2) is 0 Å². The molecule has 1 N–H and O–H groups in total. The van der Waals surface area contributed by atoms with Crippen molar-refractivity contribution in [3.05, 3.63) is 0 Å². The summed E-state index contributed by atoms with van der Waals surface area (Å²) in [6, 6.07) is 0.471. The van der Waals surface area contributed by atoms with Crippen LogP contribution in [-0.2, 0) is 14.8 Å². The lowest BCUT2D eigenvalue weighted by molar-refractivity contribution is 0.0982. The molecule has 0 aromatic heterocycles. The van der Waals surface area contributed by atoms with Gasteiger partial charge in [0.15, 0.2) is 0 Å². The van der Waals surface area contributed by atoms with E-state index in [0.717, 1.165) is 38.7 Å². The molecule has 0 radical (unpaired) electrons. The van der Waals surface area contributed by atoms with Gasteiger partial charge in [-0.15, -0.1) is 0 Å². The zero-order valence-electron chi connectivity index (χ0n) is 13.4. The molecule has 21 heavy (non-hydrogen) atoms. The second-order valence-corrected chi connectivity index (χ2v) is 8.55. The summed E-state index contributed by atoms with van der Waals surface area (Å²) in [5, 5.41) is 3.40.